The van der Waals surface area contributed by atoms with Gasteiger partial charge in [0.2, 0.25) is 0 Å². The molecule has 0 amide bonds. The minimum Gasteiger partial charge on any atom is -0.488 e. The Morgan fingerprint density at radius 3 is 2.64 bits per heavy atom. The molecule has 1 saturated heterocycles. The van der Waals surface area contributed by atoms with Gasteiger partial charge in [-0.3, -0.25) is 4.98 Å². The van der Waals surface area contributed by atoms with Crippen LogP contribution in [0.4, 0.5) is 10.2 Å². The van der Waals surface area contributed by atoms with Gasteiger partial charge in [0.25, 0.3) is 0 Å². The van der Waals surface area contributed by atoms with Crippen molar-refractivity contribution < 1.29 is 14.2 Å². The number of rotatable bonds is 7. The number of nitrogens with two attached hydrogens (primary N) is 1. The maximum Gasteiger partial charge on any atom is 0.165 e. The van der Waals surface area contributed by atoms with Gasteiger partial charge in [0.1, 0.15) is 18.5 Å². The van der Waals surface area contributed by atoms with E-state index in [1.807, 2.05) is 6.07 Å². The Labute approximate surface area is 164 Å². The lowest BCUT2D eigenvalue weighted by Crippen LogP contribution is -2.33. The van der Waals surface area contributed by atoms with Gasteiger partial charge in [-0.25, -0.2) is 9.37 Å². The number of aliphatic hydroxyl groups excluding tert-OH is 1. The van der Waals surface area contributed by atoms with E-state index >= 15 is 0 Å². The number of aromatic nitrogens is 2. The number of halogens is 1. The van der Waals surface area contributed by atoms with Crippen molar-refractivity contribution in [1.29, 1.82) is 0 Å². The average molecular weight is 386 g/mol. The third-order valence-corrected chi connectivity index (χ3v) is 5.77. The molecule has 0 bridgehead atoms. The van der Waals surface area contributed by atoms with Gasteiger partial charge in [-0.2, -0.15) is 0 Å². The van der Waals surface area contributed by atoms with Crippen molar-refractivity contribution >= 4 is 5.82 Å². The van der Waals surface area contributed by atoms with E-state index in [-0.39, 0.29) is 18.2 Å². The summed E-state index contributed by atoms with van der Waals surface area (Å²) in [6.45, 7) is 2.72. The van der Waals surface area contributed by atoms with E-state index in [1.165, 1.54) is 12.8 Å². The lowest BCUT2D eigenvalue weighted by molar-refractivity contribution is 0.0742. The van der Waals surface area contributed by atoms with Crippen LogP contribution in [0.25, 0.3) is 0 Å². The molecule has 2 heterocycles. The first-order valence-electron chi connectivity index (χ1n) is 9.98. The molecule has 28 heavy (non-hydrogen) atoms. The van der Waals surface area contributed by atoms with Crippen LogP contribution in [0.3, 0.4) is 0 Å². The highest BCUT2D eigenvalue weighted by Gasteiger charge is 2.33. The van der Waals surface area contributed by atoms with Gasteiger partial charge in [0.05, 0.1) is 18.1 Å². The molecule has 150 valence electrons. The fourth-order valence-corrected chi connectivity index (χ4v) is 4.08. The highest BCUT2D eigenvalue weighted by molar-refractivity contribution is 5.34. The van der Waals surface area contributed by atoms with Crippen molar-refractivity contribution in [2.24, 2.45) is 0 Å². The first-order valence-corrected chi connectivity index (χ1v) is 9.98. The molecule has 2 aromatic rings. The first-order chi connectivity index (χ1) is 13.6. The van der Waals surface area contributed by atoms with Crippen LogP contribution in [0.15, 0.2) is 30.6 Å². The Bertz CT molecular complexity index is 789. The van der Waals surface area contributed by atoms with Crippen LogP contribution in [0.2, 0.25) is 0 Å². The highest BCUT2D eigenvalue weighted by atomic mass is 19.1. The number of anilines is 1. The number of likely N-dealkylation sites (tertiary alicyclic amines) is 1. The Morgan fingerprint density at radius 2 is 1.96 bits per heavy atom. The first kappa shape index (κ1) is 19.1. The maximum absolute atomic E-state index is 14.4. The molecule has 1 aromatic carbocycles. The number of nitrogen functional groups attached to an aromatic ring is 1. The topological polar surface area (TPSA) is 84.5 Å². The number of β-amino-alcohol motifs (C(OH)–C–C–N with tert-alkyl or cyclic N) is 1. The molecule has 6 nitrogen and oxygen atoms in total. The van der Waals surface area contributed by atoms with Crippen molar-refractivity contribution in [1.82, 2.24) is 14.9 Å². The number of hydrogen-bond acceptors (Lipinski definition) is 6. The van der Waals surface area contributed by atoms with Crippen LogP contribution in [-0.2, 0) is 0 Å². The van der Waals surface area contributed by atoms with Gasteiger partial charge in [-0.1, -0.05) is 6.07 Å². The van der Waals surface area contributed by atoms with Crippen LogP contribution in [0, 0.1) is 5.82 Å². The fraction of sp³-hybridized carbons (Fsp3) is 0.524. The second-order valence-corrected chi connectivity index (χ2v) is 7.89. The van der Waals surface area contributed by atoms with Gasteiger partial charge in [0.15, 0.2) is 11.6 Å². The number of hydrogen-bond donors (Lipinski definition) is 2. The standard InChI is InChI=1S/C21H27FN4O2/c22-18-9-14(15-7-16(8-15)19-10-25-21(23)11-24-19)3-4-20(18)28-13-17(27)12-26-5-1-2-6-26/h3-4,9-11,15-17,27H,1-2,5-8,12-13H2,(H2,23,25). The molecule has 1 aromatic heterocycles. The van der Waals surface area contributed by atoms with Gasteiger partial charge < -0.3 is 20.5 Å². The van der Waals surface area contributed by atoms with Gasteiger partial charge >= 0.3 is 0 Å². The van der Waals surface area contributed by atoms with Crippen molar-refractivity contribution in [3.63, 3.8) is 0 Å². The van der Waals surface area contributed by atoms with E-state index in [0.29, 0.717) is 24.2 Å². The van der Waals surface area contributed by atoms with Gasteiger partial charge in [-0.15, -0.1) is 0 Å². The van der Waals surface area contributed by atoms with E-state index < -0.39 is 6.10 Å². The average Bonchev–Trinajstić information content (AvgIpc) is 3.14. The summed E-state index contributed by atoms with van der Waals surface area (Å²) in [4.78, 5) is 10.6. The molecule has 1 aliphatic carbocycles. The van der Waals surface area contributed by atoms with Crippen molar-refractivity contribution in [3.8, 4) is 5.75 Å². The molecule has 7 heteroatoms. The fourth-order valence-electron chi connectivity index (χ4n) is 4.08. The van der Waals surface area contributed by atoms with E-state index in [1.54, 1.807) is 24.5 Å². The quantitative estimate of drug-likeness (QED) is 0.761. The molecule has 3 N–H and O–H groups in total. The SMILES string of the molecule is Nc1cnc(C2CC(c3ccc(OCC(O)CN4CCCC4)c(F)c3)C2)cn1. The maximum atomic E-state index is 14.4. The monoisotopic (exact) mass is 386 g/mol. The third kappa shape index (κ3) is 4.42. The van der Waals surface area contributed by atoms with Crippen LogP contribution >= 0.6 is 0 Å². The summed E-state index contributed by atoms with van der Waals surface area (Å²) in [7, 11) is 0. The predicted molar refractivity (Wildman–Crippen MR) is 105 cm³/mol. The third-order valence-electron chi connectivity index (χ3n) is 5.77. The minimum atomic E-state index is -0.606. The Balaban J connectivity index is 1.28. The summed E-state index contributed by atoms with van der Waals surface area (Å²) in [5.74, 6) is 0.903. The highest BCUT2D eigenvalue weighted by Crippen LogP contribution is 2.47. The Morgan fingerprint density at radius 1 is 1.18 bits per heavy atom. The van der Waals surface area contributed by atoms with Crippen LogP contribution in [-0.4, -0.2) is 52.3 Å². The zero-order chi connectivity index (χ0) is 19.5. The van der Waals surface area contributed by atoms with Crippen molar-refractivity contribution in [2.75, 3.05) is 32.0 Å². The summed E-state index contributed by atoms with van der Waals surface area (Å²) in [6, 6.07) is 5.14. The Kier molecular flexibility index (Phi) is 5.73. The predicted octanol–water partition coefficient (Wildman–Crippen LogP) is 2.69. The molecule has 0 radical (unpaired) electrons. The van der Waals surface area contributed by atoms with Gasteiger partial charge in [0, 0.05) is 12.5 Å². The van der Waals surface area contributed by atoms with E-state index in [4.69, 9.17) is 10.5 Å². The van der Waals surface area contributed by atoms with E-state index in [9.17, 15) is 9.50 Å². The lowest BCUT2D eigenvalue weighted by atomic mass is 9.70. The summed E-state index contributed by atoms with van der Waals surface area (Å²) in [5.41, 5.74) is 7.49. The van der Waals surface area contributed by atoms with E-state index in [0.717, 1.165) is 37.2 Å². The molecule has 1 saturated carbocycles. The summed E-state index contributed by atoms with van der Waals surface area (Å²) in [5, 5.41) is 10.1. The van der Waals surface area contributed by atoms with E-state index in [2.05, 4.69) is 14.9 Å². The normalized spacial score (nSPS) is 23.4. The smallest absolute Gasteiger partial charge is 0.165 e. The largest absolute Gasteiger partial charge is 0.488 e. The molecule has 4 rings (SSSR count). The van der Waals surface area contributed by atoms with Crippen LogP contribution in [0.5, 0.6) is 5.75 Å². The molecule has 1 atom stereocenters. The minimum absolute atomic E-state index is 0.105. The number of benzene rings is 1. The Hall–Kier alpha value is -2.25. The number of aliphatic hydroxyl groups is 1. The van der Waals surface area contributed by atoms with Crippen LogP contribution in [0.1, 0.15) is 48.8 Å². The zero-order valence-corrected chi connectivity index (χ0v) is 15.9. The van der Waals surface area contributed by atoms with Crippen molar-refractivity contribution in [3.05, 3.63) is 47.7 Å². The summed E-state index contributed by atoms with van der Waals surface area (Å²) >= 11 is 0. The molecular weight excluding hydrogens is 359 g/mol. The number of nitrogens with zero attached hydrogens (tertiary/aromatic N) is 3. The molecule has 0 spiro atoms. The second-order valence-electron chi connectivity index (χ2n) is 7.89. The van der Waals surface area contributed by atoms with Crippen molar-refractivity contribution in [2.45, 2.75) is 43.6 Å². The van der Waals surface area contributed by atoms with Gasteiger partial charge in [-0.05, 0) is 62.4 Å². The second kappa shape index (κ2) is 8.41. The molecule has 2 aliphatic rings. The molecular formula is C21H27FN4O2. The zero-order valence-electron chi connectivity index (χ0n) is 15.9. The number of ether oxygens (including phenoxy) is 1. The molecule has 1 aliphatic heterocycles. The summed E-state index contributed by atoms with van der Waals surface area (Å²) in [6.07, 6.45) is 6.89. The van der Waals surface area contributed by atoms with Crippen LogP contribution < -0.4 is 10.5 Å². The lowest BCUT2D eigenvalue weighted by Gasteiger charge is -2.35. The molecule has 1 unspecified atom stereocenters. The summed E-state index contributed by atoms with van der Waals surface area (Å²) < 4.78 is 20.0. The molecule has 2 fully saturated rings.